The zero-order chi connectivity index (χ0) is 22.9. The van der Waals surface area contributed by atoms with Crippen molar-refractivity contribution in [3.63, 3.8) is 0 Å². The van der Waals surface area contributed by atoms with Gasteiger partial charge in [0.15, 0.2) is 0 Å². The molecule has 3 nitrogen and oxygen atoms in total. The van der Waals surface area contributed by atoms with Crippen molar-refractivity contribution in [1.29, 1.82) is 0 Å². The van der Waals surface area contributed by atoms with Gasteiger partial charge in [-0.2, -0.15) is 0 Å². The van der Waals surface area contributed by atoms with E-state index in [4.69, 9.17) is 4.98 Å². The van der Waals surface area contributed by atoms with Gasteiger partial charge in [0.05, 0.1) is 11.0 Å². The molecule has 0 saturated carbocycles. The number of aromatic nitrogens is 2. The fourth-order valence-corrected chi connectivity index (χ4v) is 7.11. The molecule has 0 fully saturated rings. The maximum absolute atomic E-state index is 5.17. The van der Waals surface area contributed by atoms with Crippen LogP contribution in [0.15, 0.2) is 79.0 Å². The number of rotatable bonds is 2. The van der Waals surface area contributed by atoms with Gasteiger partial charge in [-0.3, -0.25) is 9.47 Å². The number of thiophene rings is 1. The lowest BCUT2D eigenvalue weighted by atomic mass is 9.94. The average Bonchev–Trinajstić information content (AvgIpc) is 3.48. The molecule has 0 bridgehead atoms. The molecule has 2 aromatic heterocycles. The van der Waals surface area contributed by atoms with Crippen molar-refractivity contribution in [3.8, 4) is 0 Å². The number of hydrogen-bond acceptors (Lipinski definition) is 3. The molecule has 168 valence electrons. The van der Waals surface area contributed by atoms with E-state index in [0.29, 0.717) is 0 Å². The SMILES string of the molecule is C1=CC(n2c(N3C=Cc4c5c(cc6sc7ccccc7c46)=CCCC=53)nc3ccccc32)=CCC1. The monoisotopic (exact) mass is 469 g/mol. The third-order valence-electron chi connectivity index (χ3n) is 7.44. The van der Waals surface area contributed by atoms with Crippen molar-refractivity contribution in [2.45, 2.75) is 25.7 Å². The van der Waals surface area contributed by atoms with Gasteiger partial charge in [0, 0.05) is 43.0 Å². The first kappa shape index (κ1) is 19.4. The Bertz CT molecular complexity index is 1910. The highest BCUT2D eigenvalue weighted by Crippen LogP contribution is 2.38. The largest absolute Gasteiger partial charge is 0.290 e. The Morgan fingerprint density at radius 2 is 1.77 bits per heavy atom. The van der Waals surface area contributed by atoms with Crippen LogP contribution in [0.5, 0.6) is 0 Å². The Kier molecular flexibility index (Phi) is 4.05. The molecule has 0 radical (unpaired) electrons. The second-order valence-electron chi connectivity index (χ2n) is 9.45. The highest BCUT2D eigenvalue weighted by Gasteiger charge is 2.26. The van der Waals surface area contributed by atoms with Gasteiger partial charge in [0.1, 0.15) is 0 Å². The van der Waals surface area contributed by atoms with Crippen LogP contribution in [0.4, 0.5) is 5.95 Å². The van der Waals surface area contributed by atoms with Gasteiger partial charge >= 0.3 is 0 Å². The molecule has 0 amide bonds. The van der Waals surface area contributed by atoms with Crippen molar-refractivity contribution >= 4 is 72.0 Å². The number of benzene rings is 3. The zero-order valence-corrected chi connectivity index (χ0v) is 20.1. The van der Waals surface area contributed by atoms with Crippen LogP contribution in [0.1, 0.15) is 31.2 Å². The lowest BCUT2D eigenvalue weighted by Crippen LogP contribution is -2.39. The molecule has 4 heteroatoms. The molecule has 3 aromatic carbocycles. The third kappa shape index (κ3) is 2.74. The van der Waals surface area contributed by atoms with Crippen LogP contribution in [0.25, 0.3) is 54.8 Å². The minimum absolute atomic E-state index is 0.976. The summed E-state index contributed by atoms with van der Waals surface area (Å²) in [5.41, 5.74) is 6.11. The maximum Gasteiger partial charge on any atom is 0.219 e. The Morgan fingerprint density at radius 3 is 2.71 bits per heavy atom. The first-order valence-electron chi connectivity index (χ1n) is 12.4. The van der Waals surface area contributed by atoms with E-state index in [2.05, 4.69) is 101 Å². The molecule has 35 heavy (non-hydrogen) atoms. The fraction of sp³-hybridized carbons (Fsp3) is 0.129. The predicted octanol–water partition coefficient (Wildman–Crippen LogP) is 6.77. The van der Waals surface area contributed by atoms with Gasteiger partial charge in [-0.1, -0.05) is 48.6 Å². The van der Waals surface area contributed by atoms with Crippen molar-refractivity contribution in [3.05, 3.63) is 95.0 Å². The lowest BCUT2D eigenvalue weighted by Gasteiger charge is -2.29. The van der Waals surface area contributed by atoms with E-state index in [-0.39, 0.29) is 0 Å². The Morgan fingerprint density at radius 1 is 0.857 bits per heavy atom. The molecule has 0 N–H and O–H groups in total. The molecule has 0 saturated heterocycles. The first-order valence-corrected chi connectivity index (χ1v) is 13.2. The van der Waals surface area contributed by atoms with Gasteiger partial charge in [-0.05, 0) is 72.9 Å². The van der Waals surface area contributed by atoms with E-state index in [1.807, 2.05) is 11.3 Å². The molecular formula is C31H23N3S. The van der Waals surface area contributed by atoms with Gasteiger partial charge in [-0.25, -0.2) is 4.98 Å². The summed E-state index contributed by atoms with van der Waals surface area (Å²) >= 11 is 1.90. The van der Waals surface area contributed by atoms with E-state index in [9.17, 15) is 0 Å². The minimum atomic E-state index is 0.976. The number of allylic oxidation sites excluding steroid dienone is 4. The van der Waals surface area contributed by atoms with Crippen LogP contribution in [0.2, 0.25) is 0 Å². The molecule has 2 aliphatic carbocycles. The molecular weight excluding hydrogens is 446 g/mol. The van der Waals surface area contributed by atoms with Crippen molar-refractivity contribution in [2.24, 2.45) is 0 Å². The summed E-state index contributed by atoms with van der Waals surface area (Å²) in [5, 5.41) is 5.48. The first-order chi connectivity index (χ1) is 17.4. The normalized spacial score (nSPS) is 16.7. The van der Waals surface area contributed by atoms with Gasteiger partial charge in [0.2, 0.25) is 5.95 Å². The van der Waals surface area contributed by atoms with E-state index in [1.54, 1.807) is 0 Å². The van der Waals surface area contributed by atoms with Crippen LogP contribution in [0.3, 0.4) is 0 Å². The summed E-state index contributed by atoms with van der Waals surface area (Å²) < 4.78 is 5.07. The van der Waals surface area contributed by atoms with Crippen LogP contribution >= 0.6 is 11.3 Å². The minimum Gasteiger partial charge on any atom is -0.290 e. The Hall–Kier alpha value is -3.89. The highest BCUT2D eigenvalue weighted by atomic mass is 32.1. The van der Waals surface area contributed by atoms with E-state index < -0.39 is 0 Å². The van der Waals surface area contributed by atoms with Crippen molar-refractivity contribution < 1.29 is 0 Å². The Balaban J connectivity index is 1.45. The van der Waals surface area contributed by atoms with Gasteiger partial charge in [0.25, 0.3) is 0 Å². The number of nitrogens with zero attached hydrogens (tertiary/aromatic N) is 3. The van der Waals surface area contributed by atoms with Crippen molar-refractivity contribution in [1.82, 2.24) is 9.55 Å². The van der Waals surface area contributed by atoms with Gasteiger partial charge in [-0.15, -0.1) is 11.3 Å². The van der Waals surface area contributed by atoms with E-state index in [1.165, 1.54) is 47.6 Å². The summed E-state index contributed by atoms with van der Waals surface area (Å²) in [6, 6.07) is 19.7. The number of fused-ring (bicyclic) bond motifs is 5. The molecule has 1 aliphatic heterocycles. The quantitative estimate of drug-likeness (QED) is 0.285. The van der Waals surface area contributed by atoms with Crippen LogP contribution in [0, 0.1) is 0 Å². The molecule has 0 unspecified atom stereocenters. The third-order valence-corrected chi connectivity index (χ3v) is 8.56. The van der Waals surface area contributed by atoms with E-state index >= 15 is 0 Å². The number of para-hydroxylation sites is 2. The molecule has 3 aliphatic rings. The Labute approximate surface area is 206 Å². The molecule has 0 atom stereocenters. The van der Waals surface area contributed by atoms with Crippen LogP contribution in [-0.2, 0) is 0 Å². The van der Waals surface area contributed by atoms with Crippen LogP contribution < -0.4 is 15.3 Å². The summed E-state index contributed by atoms with van der Waals surface area (Å²) in [4.78, 5) is 7.52. The summed E-state index contributed by atoms with van der Waals surface area (Å²) in [7, 11) is 0. The molecule has 3 heterocycles. The highest BCUT2D eigenvalue weighted by molar-refractivity contribution is 7.25. The number of hydrogen-bond donors (Lipinski definition) is 0. The fourth-order valence-electron chi connectivity index (χ4n) is 5.94. The lowest BCUT2D eigenvalue weighted by molar-refractivity contribution is 0.961. The molecule has 8 rings (SSSR count). The standard InChI is InChI=1S/C31H23N3S/c1-2-10-21(11-3-1)34-25-14-6-5-13-24(25)32-31(34)33-18-17-23-29-20(9-8-15-26(29)33)19-28-30(23)22-12-4-7-16-27(22)35-28/h2,4-7,9-14,16-19H,1,3,8,15H2. The summed E-state index contributed by atoms with van der Waals surface area (Å²) in [6.45, 7) is 0. The molecule has 5 aromatic rings. The number of anilines is 1. The van der Waals surface area contributed by atoms with Gasteiger partial charge < -0.3 is 0 Å². The smallest absolute Gasteiger partial charge is 0.219 e. The maximum atomic E-state index is 5.17. The van der Waals surface area contributed by atoms with Crippen LogP contribution in [-0.4, -0.2) is 9.55 Å². The molecule has 0 spiro atoms. The van der Waals surface area contributed by atoms with Crippen molar-refractivity contribution in [2.75, 3.05) is 4.90 Å². The zero-order valence-electron chi connectivity index (χ0n) is 19.2. The average molecular weight is 470 g/mol. The number of imidazole rings is 1. The topological polar surface area (TPSA) is 21.1 Å². The summed E-state index contributed by atoms with van der Waals surface area (Å²) in [5.74, 6) is 0.976. The summed E-state index contributed by atoms with van der Waals surface area (Å²) in [6.07, 6.45) is 18.1. The predicted molar refractivity (Wildman–Crippen MR) is 150 cm³/mol. The van der Waals surface area contributed by atoms with E-state index in [0.717, 1.165) is 42.7 Å². The second kappa shape index (κ2) is 7.30. The second-order valence-corrected chi connectivity index (χ2v) is 10.5.